The maximum absolute atomic E-state index is 13.4. The van der Waals surface area contributed by atoms with Crippen molar-refractivity contribution in [2.45, 2.75) is 90.3 Å². The molecule has 6 nitrogen and oxygen atoms in total. The predicted molar refractivity (Wildman–Crippen MR) is 172 cm³/mol. The highest BCUT2D eigenvalue weighted by molar-refractivity contribution is 5.92. The maximum Gasteiger partial charge on any atom is 0.425 e. The minimum atomic E-state index is -4.68. The van der Waals surface area contributed by atoms with Crippen LogP contribution in [0.3, 0.4) is 0 Å². The monoisotopic (exact) mass is 642 g/mol. The number of rotatable bonds is 20. The standard InChI is InChI=1S/C37H45F3O6/c1-3-5-6-7-8-9-11-27-44-32-22-18-29(19-23-32)28-14-16-30(17-15-28)35(41)45-33-24-20-31(21-25-33)36(42)46-34(37(38,39)40)13-10-12-26-43-4-2/h14-25,34H,3-13,26-27H2,1-2H3. The van der Waals surface area contributed by atoms with E-state index in [-0.39, 0.29) is 24.2 Å². The van der Waals surface area contributed by atoms with E-state index in [0.29, 0.717) is 31.8 Å². The van der Waals surface area contributed by atoms with E-state index in [1.54, 1.807) is 19.1 Å². The lowest BCUT2D eigenvalue weighted by Crippen LogP contribution is -2.34. The Labute approximate surface area is 270 Å². The molecule has 0 spiro atoms. The maximum atomic E-state index is 13.4. The Morgan fingerprint density at radius 2 is 1.15 bits per heavy atom. The summed E-state index contributed by atoms with van der Waals surface area (Å²) in [6, 6.07) is 20.0. The SMILES string of the molecule is CCCCCCCCCOc1ccc(-c2ccc(C(=O)Oc3ccc(C(=O)OC(CCCCOCC)C(F)(F)F)cc3)cc2)cc1. The van der Waals surface area contributed by atoms with Gasteiger partial charge in [0.05, 0.1) is 17.7 Å². The zero-order chi connectivity index (χ0) is 33.2. The van der Waals surface area contributed by atoms with E-state index in [0.717, 1.165) is 23.3 Å². The van der Waals surface area contributed by atoms with Crippen LogP contribution in [0.25, 0.3) is 11.1 Å². The zero-order valence-electron chi connectivity index (χ0n) is 26.8. The molecule has 250 valence electrons. The van der Waals surface area contributed by atoms with E-state index < -0.39 is 24.2 Å². The van der Waals surface area contributed by atoms with Gasteiger partial charge in [0.2, 0.25) is 0 Å². The molecular weight excluding hydrogens is 597 g/mol. The van der Waals surface area contributed by atoms with Gasteiger partial charge in [-0.05, 0) is 92.3 Å². The average molecular weight is 643 g/mol. The molecule has 46 heavy (non-hydrogen) atoms. The number of esters is 2. The van der Waals surface area contributed by atoms with Crippen LogP contribution in [0.4, 0.5) is 13.2 Å². The summed E-state index contributed by atoms with van der Waals surface area (Å²) >= 11 is 0. The summed E-state index contributed by atoms with van der Waals surface area (Å²) in [7, 11) is 0. The third kappa shape index (κ3) is 12.9. The molecule has 1 unspecified atom stereocenters. The number of hydrogen-bond donors (Lipinski definition) is 0. The van der Waals surface area contributed by atoms with Crippen LogP contribution in [0.15, 0.2) is 72.8 Å². The molecule has 0 N–H and O–H groups in total. The largest absolute Gasteiger partial charge is 0.494 e. The molecule has 3 aromatic carbocycles. The molecule has 1 atom stereocenters. The number of hydrogen-bond acceptors (Lipinski definition) is 6. The molecule has 3 rings (SSSR count). The molecule has 0 bridgehead atoms. The fourth-order valence-electron chi connectivity index (χ4n) is 4.78. The summed E-state index contributed by atoms with van der Waals surface area (Å²) in [6.07, 6.45) is 2.02. The first-order valence-corrected chi connectivity index (χ1v) is 16.2. The van der Waals surface area contributed by atoms with Gasteiger partial charge in [-0.2, -0.15) is 13.2 Å². The number of halogens is 3. The molecule has 0 aliphatic rings. The van der Waals surface area contributed by atoms with Crippen LogP contribution in [-0.2, 0) is 9.47 Å². The number of alkyl halides is 3. The van der Waals surface area contributed by atoms with Crippen LogP contribution in [0.5, 0.6) is 11.5 Å². The van der Waals surface area contributed by atoms with Crippen molar-refractivity contribution in [3.63, 3.8) is 0 Å². The first-order chi connectivity index (χ1) is 22.2. The van der Waals surface area contributed by atoms with Gasteiger partial charge >= 0.3 is 18.1 Å². The third-order valence-corrected chi connectivity index (χ3v) is 7.45. The van der Waals surface area contributed by atoms with Crippen LogP contribution in [-0.4, -0.2) is 44.0 Å². The molecule has 0 heterocycles. The Kier molecular flexibility index (Phi) is 15.6. The van der Waals surface area contributed by atoms with Gasteiger partial charge < -0.3 is 18.9 Å². The molecule has 3 aromatic rings. The predicted octanol–water partition coefficient (Wildman–Crippen LogP) is 10.00. The van der Waals surface area contributed by atoms with Gasteiger partial charge in [0.25, 0.3) is 0 Å². The molecule has 0 saturated carbocycles. The highest BCUT2D eigenvalue weighted by atomic mass is 19.4. The van der Waals surface area contributed by atoms with Crippen LogP contribution in [0.1, 0.15) is 98.8 Å². The fourth-order valence-corrected chi connectivity index (χ4v) is 4.78. The third-order valence-electron chi connectivity index (χ3n) is 7.45. The number of carbonyl (C=O) groups is 2. The lowest BCUT2D eigenvalue weighted by Gasteiger charge is -2.20. The van der Waals surface area contributed by atoms with Crippen molar-refractivity contribution in [2.75, 3.05) is 19.8 Å². The van der Waals surface area contributed by atoms with Crippen molar-refractivity contribution < 1.29 is 41.7 Å². The summed E-state index contributed by atoms with van der Waals surface area (Å²) in [5.74, 6) is -0.753. The van der Waals surface area contributed by atoms with Gasteiger partial charge in [-0.3, -0.25) is 0 Å². The number of benzene rings is 3. The lowest BCUT2D eigenvalue weighted by atomic mass is 10.0. The van der Waals surface area contributed by atoms with E-state index in [1.165, 1.54) is 62.8 Å². The topological polar surface area (TPSA) is 71.1 Å². The van der Waals surface area contributed by atoms with Gasteiger partial charge in [-0.25, -0.2) is 9.59 Å². The van der Waals surface area contributed by atoms with Crippen LogP contribution >= 0.6 is 0 Å². The highest BCUT2D eigenvalue weighted by Gasteiger charge is 2.42. The summed E-state index contributed by atoms with van der Waals surface area (Å²) in [5.41, 5.74) is 2.13. The van der Waals surface area contributed by atoms with Crippen molar-refractivity contribution >= 4 is 11.9 Å². The molecule has 0 aliphatic carbocycles. The Morgan fingerprint density at radius 3 is 1.76 bits per heavy atom. The highest BCUT2D eigenvalue weighted by Crippen LogP contribution is 2.28. The second kappa shape index (κ2) is 19.6. The zero-order valence-corrected chi connectivity index (χ0v) is 26.8. The average Bonchev–Trinajstić information content (AvgIpc) is 3.05. The van der Waals surface area contributed by atoms with E-state index in [4.69, 9.17) is 18.9 Å². The first kappa shape index (κ1) is 36.6. The van der Waals surface area contributed by atoms with Gasteiger partial charge in [0.1, 0.15) is 11.5 Å². The van der Waals surface area contributed by atoms with Gasteiger partial charge in [-0.1, -0.05) is 69.7 Å². The Balaban J connectivity index is 1.46. The van der Waals surface area contributed by atoms with Gasteiger partial charge in [0.15, 0.2) is 6.10 Å². The van der Waals surface area contributed by atoms with Crippen molar-refractivity contribution in [1.82, 2.24) is 0 Å². The lowest BCUT2D eigenvalue weighted by molar-refractivity contribution is -0.206. The number of unbranched alkanes of at least 4 members (excludes halogenated alkanes) is 7. The fraction of sp³-hybridized carbons (Fsp3) is 0.459. The van der Waals surface area contributed by atoms with Crippen molar-refractivity contribution in [2.24, 2.45) is 0 Å². The molecule has 0 fully saturated rings. The molecule has 9 heteroatoms. The number of ether oxygens (including phenoxy) is 4. The van der Waals surface area contributed by atoms with Gasteiger partial charge in [0, 0.05) is 13.2 Å². The second-order valence-electron chi connectivity index (χ2n) is 11.1. The minimum absolute atomic E-state index is 0.0815. The molecule has 0 saturated heterocycles. The van der Waals surface area contributed by atoms with Crippen LogP contribution < -0.4 is 9.47 Å². The van der Waals surface area contributed by atoms with Crippen molar-refractivity contribution in [1.29, 1.82) is 0 Å². The molecule has 0 amide bonds. The summed E-state index contributed by atoms with van der Waals surface area (Å²) < 4.78 is 61.4. The Morgan fingerprint density at radius 1 is 0.630 bits per heavy atom. The van der Waals surface area contributed by atoms with Crippen molar-refractivity contribution in [3.8, 4) is 22.6 Å². The second-order valence-corrected chi connectivity index (χ2v) is 11.1. The van der Waals surface area contributed by atoms with E-state index in [2.05, 4.69) is 6.92 Å². The molecule has 0 radical (unpaired) electrons. The van der Waals surface area contributed by atoms with Gasteiger partial charge in [-0.15, -0.1) is 0 Å². The minimum Gasteiger partial charge on any atom is -0.494 e. The molecular formula is C37H45F3O6. The van der Waals surface area contributed by atoms with E-state index in [9.17, 15) is 22.8 Å². The van der Waals surface area contributed by atoms with Crippen molar-refractivity contribution in [3.05, 3.63) is 83.9 Å². The first-order valence-electron chi connectivity index (χ1n) is 16.2. The smallest absolute Gasteiger partial charge is 0.425 e. The quantitative estimate of drug-likeness (QED) is 0.0694. The van der Waals surface area contributed by atoms with E-state index >= 15 is 0 Å². The Bertz CT molecular complexity index is 1300. The number of carbonyl (C=O) groups excluding carboxylic acids is 2. The normalized spacial score (nSPS) is 12.0. The van der Waals surface area contributed by atoms with Crippen LogP contribution in [0.2, 0.25) is 0 Å². The van der Waals surface area contributed by atoms with Crippen LogP contribution in [0, 0.1) is 0 Å². The Hall–Kier alpha value is -3.85. The summed E-state index contributed by atoms with van der Waals surface area (Å²) in [6.45, 7) is 5.56. The summed E-state index contributed by atoms with van der Waals surface area (Å²) in [4.78, 5) is 25.1. The molecule has 0 aromatic heterocycles. The summed E-state index contributed by atoms with van der Waals surface area (Å²) in [5, 5.41) is 0. The van der Waals surface area contributed by atoms with E-state index in [1.807, 2.05) is 36.4 Å². The molecule has 0 aliphatic heterocycles.